The van der Waals surface area contributed by atoms with E-state index in [2.05, 4.69) is 24.2 Å². The largest absolute Gasteiger partial charge is 0.394 e. The highest BCUT2D eigenvalue weighted by molar-refractivity contribution is 5.06. The Morgan fingerprint density at radius 1 is 1.28 bits per heavy atom. The summed E-state index contributed by atoms with van der Waals surface area (Å²) >= 11 is 0. The summed E-state index contributed by atoms with van der Waals surface area (Å²) in [5, 5.41) is 13.7. The summed E-state index contributed by atoms with van der Waals surface area (Å²) in [6, 6.07) is 0.686. The van der Waals surface area contributed by atoms with E-state index >= 15 is 0 Å². The summed E-state index contributed by atoms with van der Waals surface area (Å²) in [6.07, 6.45) is 6.60. The number of rotatable bonds is 8. The van der Waals surface area contributed by atoms with Crippen LogP contribution in [-0.2, 0) is 0 Å². The minimum Gasteiger partial charge on any atom is -0.394 e. The smallest absolute Gasteiger partial charge is 0.0628 e. The van der Waals surface area contributed by atoms with Crippen LogP contribution in [0, 0.1) is 17.8 Å². The van der Waals surface area contributed by atoms with Gasteiger partial charge in [0.2, 0.25) is 0 Å². The highest BCUT2D eigenvalue weighted by Crippen LogP contribution is 2.43. The lowest BCUT2D eigenvalue weighted by Crippen LogP contribution is -2.58. The summed E-state index contributed by atoms with van der Waals surface area (Å²) in [5.74, 6) is 2.54. The lowest BCUT2D eigenvalue weighted by Gasteiger charge is -2.37. The predicted molar refractivity (Wildman–Crippen MR) is 73.5 cm³/mol. The van der Waals surface area contributed by atoms with Gasteiger partial charge in [-0.15, -0.1) is 0 Å². The number of nitrogens with zero attached hydrogens (tertiary/aromatic N) is 1. The van der Waals surface area contributed by atoms with Crippen molar-refractivity contribution in [2.45, 2.75) is 50.6 Å². The zero-order valence-electron chi connectivity index (χ0n) is 11.9. The summed E-state index contributed by atoms with van der Waals surface area (Å²) in [4.78, 5) is 2.46. The van der Waals surface area contributed by atoms with Gasteiger partial charge in [-0.1, -0.05) is 6.92 Å². The minimum absolute atomic E-state index is 0.00591. The Balaban J connectivity index is 1.56. The Morgan fingerprint density at radius 2 is 1.94 bits per heavy atom. The SMILES string of the molecule is CC1CC1CN(C)CC(CO)(NC1CC1)C1CC1. The molecular formula is C15H28N2O. The zero-order valence-corrected chi connectivity index (χ0v) is 11.9. The maximum Gasteiger partial charge on any atom is 0.0628 e. The lowest BCUT2D eigenvalue weighted by molar-refractivity contribution is 0.0967. The van der Waals surface area contributed by atoms with Crippen LogP contribution < -0.4 is 5.32 Å². The quantitative estimate of drug-likeness (QED) is 0.687. The first kappa shape index (κ1) is 12.9. The molecule has 3 rings (SSSR count). The van der Waals surface area contributed by atoms with Gasteiger partial charge in [0.15, 0.2) is 0 Å². The van der Waals surface area contributed by atoms with Gasteiger partial charge >= 0.3 is 0 Å². The standard InChI is InChI=1S/C15H28N2O/c1-11-7-12(11)8-17(2)9-15(10-18,13-3-4-13)16-14-5-6-14/h11-14,16,18H,3-10H2,1-2H3. The molecule has 0 saturated heterocycles. The van der Waals surface area contributed by atoms with Crippen LogP contribution in [0.3, 0.4) is 0 Å². The number of aliphatic hydroxyl groups is 1. The molecule has 3 saturated carbocycles. The van der Waals surface area contributed by atoms with Gasteiger partial charge in [0.25, 0.3) is 0 Å². The number of nitrogens with one attached hydrogen (secondary N) is 1. The number of hydrogen-bond donors (Lipinski definition) is 2. The molecular weight excluding hydrogens is 224 g/mol. The highest BCUT2D eigenvalue weighted by atomic mass is 16.3. The second-order valence-corrected chi connectivity index (χ2v) is 7.18. The van der Waals surface area contributed by atoms with Crippen molar-refractivity contribution in [3.05, 3.63) is 0 Å². The van der Waals surface area contributed by atoms with Crippen molar-refractivity contribution in [3.63, 3.8) is 0 Å². The first-order valence-electron chi connectivity index (χ1n) is 7.70. The normalized spacial score (nSPS) is 34.7. The molecule has 2 N–H and O–H groups in total. The van der Waals surface area contributed by atoms with E-state index in [1.54, 1.807) is 0 Å². The Morgan fingerprint density at radius 3 is 2.39 bits per heavy atom. The topological polar surface area (TPSA) is 35.5 Å². The highest BCUT2D eigenvalue weighted by Gasteiger charge is 2.48. The maximum absolute atomic E-state index is 9.93. The number of aliphatic hydroxyl groups excluding tert-OH is 1. The molecule has 0 bridgehead atoms. The molecule has 0 amide bonds. The van der Waals surface area contributed by atoms with Crippen molar-refractivity contribution < 1.29 is 5.11 Å². The van der Waals surface area contributed by atoms with Crippen LogP contribution in [0.15, 0.2) is 0 Å². The van der Waals surface area contributed by atoms with Crippen molar-refractivity contribution >= 4 is 0 Å². The summed E-state index contributed by atoms with van der Waals surface area (Å²) in [5.41, 5.74) is -0.00591. The maximum atomic E-state index is 9.93. The Labute approximate surface area is 111 Å². The molecule has 3 atom stereocenters. The van der Waals surface area contributed by atoms with Gasteiger partial charge < -0.3 is 15.3 Å². The van der Waals surface area contributed by atoms with Crippen molar-refractivity contribution in [2.24, 2.45) is 17.8 Å². The molecule has 3 aliphatic rings. The second kappa shape index (κ2) is 4.77. The van der Waals surface area contributed by atoms with E-state index < -0.39 is 0 Å². The Kier molecular flexibility index (Phi) is 3.41. The van der Waals surface area contributed by atoms with Crippen LogP contribution in [0.2, 0.25) is 0 Å². The monoisotopic (exact) mass is 252 g/mol. The van der Waals surface area contributed by atoms with Crippen LogP contribution in [0.4, 0.5) is 0 Å². The van der Waals surface area contributed by atoms with E-state index in [0.717, 1.165) is 18.4 Å². The molecule has 0 radical (unpaired) electrons. The fourth-order valence-electron chi connectivity index (χ4n) is 3.39. The molecule has 104 valence electrons. The van der Waals surface area contributed by atoms with Gasteiger partial charge in [-0.05, 0) is 56.9 Å². The fourth-order valence-corrected chi connectivity index (χ4v) is 3.39. The third kappa shape index (κ3) is 2.89. The second-order valence-electron chi connectivity index (χ2n) is 7.18. The van der Waals surface area contributed by atoms with E-state index in [1.165, 1.54) is 38.6 Å². The average molecular weight is 252 g/mol. The van der Waals surface area contributed by atoms with E-state index in [9.17, 15) is 5.11 Å². The molecule has 3 aliphatic carbocycles. The molecule has 3 nitrogen and oxygen atoms in total. The van der Waals surface area contributed by atoms with Crippen molar-refractivity contribution in [2.75, 3.05) is 26.7 Å². The number of likely N-dealkylation sites (N-methyl/N-ethyl adjacent to an activating group) is 1. The van der Waals surface area contributed by atoms with E-state index in [1.807, 2.05) is 0 Å². The van der Waals surface area contributed by atoms with Gasteiger partial charge in [-0.25, -0.2) is 0 Å². The first-order chi connectivity index (χ1) is 8.63. The molecule has 0 heterocycles. The van der Waals surface area contributed by atoms with Gasteiger partial charge in [0.05, 0.1) is 12.1 Å². The van der Waals surface area contributed by atoms with Gasteiger partial charge in [-0.3, -0.25) is 0 Å². The molecule has 0 aromatic carbocycles. The predicted octanol–water partition coefficient (Wildman–Crippen LogP) is 1.47. The van der Waals surface area contributed by atoms with E-state index in [4.69, 9.17) is 0 Å². The molecule has 0 aromatic heterocycles. The zero-order chi connectivity index (χ0) is 12.8. The van der Waals surface area contributed by atoms with Crippen LogP contribution in [0.5, 0.6) is 0 Å². The summed E-state index contributed by atoms with van der Waals surface area (Å²) in [7, 11) is 2.23. The van der Waals surface area contributed by atoms with Crippen LogP contribution in [0.1, 0.15) is 39.0 Å². The molecule has 0 spiro atoms. The summed E-state index contributed by atoms with van der Waals surface area (Å²) in [6.45, 7) is 4.88. The Bertz CT molecular complexity index is 301. The Hall–Kier alpha value is -0.120. The van der Waals surface area contributed by atoms with Crippen LogP contribution in [0.25, 0.3) is 0 Å². The van der Waals surface area contributed by atoms with E-state index in [-0.39, 0.29) is 5.54 Å². The lowest BCUT2D eigenvalue weighted by atomic mass is 9.93. The fraction of sp³-hybridized carbons (Fsp3) is 1.00. The van der Waals surface area contributed by atoms with Gasteiger partial charge in [0.1, 0.15) is 0 Å². The van der Waals surface area contributed by atoms with Crippen molar-refractivity contribution in [1.82, 2.24) is 10.2 Å². The molecule has 3 fully saturated rings. The average Bonchev–Trinajstić information content (AvgIpc) is 3.15. The van der Waals surface area contributed by atoms with Crippen molar-refractivity contribution in [3.8, 4) is 0 Å². The molecule has 3 heteroatoms. The summed E-state index contributed by atoms with van der Waals surface area (Å²) < 4.78 is 0. The first-order valence-corrected chi connectivity index (χ1v) is 7.70. The number of hydrogen-bond acceptors (Lipinski definition) is 3. The minimum atomic E-state index is -0.00591. The molecule has 18 heavy (non-hydrogen) atoms. The van der Waals surface area contributed by atoms with Crippen LogP contribution >= 0.6 is 0 Å². The third-order valence-electron chi connectivity index (χ3n) is 5.08. The van der Waals surface area contributed by atoms with Crippen molar-refractivity contribution in [1.29, 1.82) is 0 Å². The van der Waals surface area contributed by atoms with Gasteiger partial charge in [-0.2, -0.15) is 0 Å². The molecule has 0 aromatic rings. The molecule has 0 aliphatic heterocycles. The van der Waals surface area contributed by atoms with E-state index in [0.29, 0.717) is 18.6 Å². The van der Waals surface area contributed by atoms with Gasteiger partial charge in [0, 0.05) is 19.1 Å². The molecule has 3 unspecified atom stereocenters. The third-order valence-corrected chi connectivity index (χ3v) is 5.08. The van der Waals surface area contributed by atoms with Crippen LogP contribution in [-0.4, -0.2) is 48.3 Å².